The molecule has 0 amide bonds. The summed E-state index contributed by atoms with van der Waals surface area (Å²) in [6.07, 6.45) is 0. The molecule has 0 aromatic heterocycles. The van der Waals surface area contributed by atoms with Crippen molar-refractivity contribution in [2.75, 3.05) is 11.4 Å². The normalized spacial score (nSPS) is 14.8. The Balaban J connectivity index is 1.89. The molecule has 0 atom stereocenters. The highest BCUT2D eigenvalue weighted by molar-refractivity contribution is 7.80. The van der Waals surface area contributed by atoms with Gasteiger partial charge >= 0.3 is 0 Å². The van der Waals surface area contributed by atoms with Crippen LogP contribution in [0.3, 0.4) is 0 Å². The molecule has 1 aliphatic rings. The second-order valence-electron chi connectivity index (χ2n) is 4.68. The average Bonchev–Trinajstić information content (AvgIpc) is 2.50. The summed E-state index contributed by atoms with van der Waals surface area (Å²) < 4.78 is 0. The summed E-state index contributed by atoms with van der Waals surface area (Å²) in [6, 6.07) is 18.2. The molecule has 4 heteroatoms. The van der Waals surface area contributed by atoms with Crippen molar-refractivity contribution in [2.24, 2.45) is 5.16 Å². The lowest BCUT2D eigenvalue weighted by atomic mass is 10.1. The van der Waals surface area contributed by atoms with Gasteiger partial charge in [0.1, 0.15) is 5.71 Å². The van der Waals surface area contributed by atoms with Crippen molar-refractivity contribution in [1.82, 2.24) is 0 Å². The molecule has 100 valence electrons. The van der Waals surface area contributed by atoms with Crippen LogP contribution in [0.15, 0.2) is 59.8 Å². The van der Waals surface area contributed by atoms with Crippen molar-refractivity contribution in [3.8, 4) is 0 Å². The monoisotopic (exact) mass is 282 g/mol. The third-order valence-electron chi connectivity index (χ3n) is 3.21. The Kier molecular flexibility index (Phi) is 3.48. The van der Waals surface area contributed by atoms with Crippen LogP contribution < -0.4 is 4.90 Å². The lowest BCUT2D eigenvalue weighted by Gasteiger charge is -2.27. The van der Waals surface area contributed by atoms with E-state index in [0.717, 1.165) is 17.0 Å². The van der Waals surface area contributed by atoms with Gasteiger partial charge in [0.25, 0.3) is 5.17 Å². The predicted molar refractivity (Wildman–Crippen MR) is 85.2 cm³/mol. The van der Waals surface area contributed by atoms with Crippen LogP contribution in [0.2, 0.25) is 0 Å². The molecule has 1 heterocycles. The predicted octanol–water partition coefficient (Wildman–Crippen LogP) is 3.52. The van der Waals surface area contributed by atoms with Gasteiger partial charge < -0.3 is 4.84 Å². The van der Waals surface area contributed by atoms with E-state index in [9.17, 15) is 0 Å². The Labute approximate surface area is 123 Å². The standard InChI is InChI=1S/C16H14N2OS/c1-12-7-9-14(10-8-12)18-11-15(17-19-16(18)20)13-5-3-2-4-6-13/h2-10H,11H2,1H3. The molecular formula is C16H14N2OS. The summed E-state index contributed by atoms with van der Waals surface area (Å²) in [5.41, 5.74) is 4.16. The molecule has 2 aromatic carbocycles. The van der Waals surface area contributed by atoms with Gasteiger partial charge in [0, 0.05) is 11.3 Å². The smallest absolute Gasteiger partial charge is 0.296 e. The van der Waals surface area contributed by atoms with Gasteiger partial charge in [-0.1, -0.05) is 53.2 Å². The van der Waals surface area contributed by atoms with Crippen LogP contribution in [-0.4, -0.2) is 17.4 Å². The van der Waals surface area contributed by atoms with E-state index in [1.165, 1.54) is 5.56 Å². The highest BCUT2D eigenvalue weighted by Crippen LogP contribution is 2.20. The third-order valence-corrected chi connectivity index (χ3v) is 3.51. The molecule has 1 aliphatic heterocycles. The van der Waals surface area contributed by atoms with Crippen molar-refractivity contribution in [3.63, 3.8) is 0 Å². The number of rotatable bonds is 2. The van der Waals surface area contributed by atoms with E-state index in [-0.39, 0.29) is 0 Å². The number of thiocarbonyl (C=S) groups is 1. The number of anilines is 1. The minimum atomic E-state index is 0.383. The van der Waals surface area contributed by atoms with Gasteiger partial charge in [0.05, 0.1) is 6.54 Å². The van der Waals surface area contributed by atoms with Gasteiger partial charge in [-0.2, -0.15) is 0 Å². The minimum Gasteiger partial charge on any atom is -0.326 e. The summed E-state index contributed by atoms with van der Waals surface area (Å²) in [6.45, 7) is 2.68. The fourth-order valence-corrected chi connectivity index (χ4v) is 2.29. The van der Waals surface area contributed by atoms with Crippen molar-refractivity contribution in [1.29, 1.82) is 0 Å². The van der Waals surface area contributed by atoms with Crippen LogP contribution in [0.5, 0.6) is 0 Å². The van der Waals surface area contributed by atoms with Crippen molar-refractivity contribution in [2.45, 2.75) is 6.92 Å². The molecular weight excluding hydrogens is 268 g/mol. The second-order valence-corrected chi connectivity index (χ2v) is 5.03. The Morgan fingerprint density at radius 3 is 2.45 bits per heavy atom. The maximum atomic E-state index is 5.29. The van der Waals surface area contributed by atoms with Crippen LogP contribution in [0.25, 0.3) is 0 Å². The van der Waals surface area contributed by atoms with E-state index in [1.54, 1.807) is 0 Å². The topological polar surface area (TPSA) is 24.8 Å². The van der Waals surface area contributed by atoms with Crippen molar-refractivity contribution >= 4 is 28.8 Å². The van der Waals surface area contributed by atoms with E-state index < -0.39 is 0 Å². The Hall–Kier alpha value is -2.20. The van der Waals surface area contributed by atoms with Gasteiger partial charge in [0.15, 0.2) is 0 Å². The SMILES string of the molecule is Cc1ccc(N2CC(c3ccccc3)=NOC2=S)cc1. The molecule has 0 bridgehead atoms. The summed E-state index contributed by atoms with van der Waals surface area (Å²) in [5, 5.41) is 4.49. The maximum Gasteiger partial charge on any atom is 0.296 e. The number of aryl methyl sites for hydroxylation is 1. The van der Waals surface area contributed by atoms with Crippen LogP contribution >= 0.6 is 12.2 Å². The number of hydrogen-bond donors (Lipinski definition) is 0. The largest absolute Gasteiger partial charge is 0.326 e. The molecule has 0 spiro atoms. The first kappa shape index (κ1) is 12.8. The van der Waals surface area contributed by atoms with Crippen molar-refractivity contribution < 1.29 is 4.84 Å². The fourth-order valence-electron chi connectivity index (χ4n) is 2.08. The van der Waals surface area contributed by atoms with Crippen LogP contribution in [0.1, 0.15) is 11.1 Å². The van der Waals surface area contributed by atoms with E-state index in [4.69, 9.17) is 17.1 Å². The van der Waals surface area contributed by atoms with E-state index in [0.29, 0.717) is 11.7 Å². The number of benzene rings is 2. The lowest BCUT2D eigenvalue weighted by molar-refractivity contribution is 0.321. The first-order valence-corrected chi connectivity index (χ1v) is 6.82. The molecule has 0 saturated carbocycles. The number of hydrogen-bond acceptors (Lipinski definition) is 3. The molecule has 0 aliphatic carbocycles. The first-order chi connectivity index (χ1) is 9.74. The Morgan fingerprint density at radius 1 is 1.05 bits per heavy atom. The number of nitrogens with zero attached hydrogens (tertiary/aromatic N) is 2. The second kappa shape index (κ2) is 5.43. The molecule has 0 fully saturated rings. The summed E-state index contributed by atoms with van der Waals surface area (Å²) >= 11 is 5.24. The molecule has 0 radical (unpaired) electrons. The van der Waals surface area contributed by atoms with Gasteiger partial charge in [-0.15, -0.1) is 0 Å². The summed E-state index contributed by atoms with van der Waals surface area (Å²) in [7, 11) is 0. The van der Waals surface area contributed by atoms with Gasteiger partial charge in [-0.25, -0.2) is 0 Å². The molecule has 0 saturated heterocycles. The van der Waals surface area contributed by atoms with E-state index in [2.05, 4.69) is 24.2 Å². The van der Waals surface area contributed by atoms with Crippen molar-refractivity contribution in [3.05, 3.63) is 65.7 Å². The minimum absolute atomic E-state index is 0.383. The van der Waals surface area contributed by atoms with Gasteiger partial charge in [-0.3, -0.25) is 4.90 Å². The van der Waals surface area contributed by atoms with E-state index >= 15 is 0 Å². The zero-order chi connectivity index (χ0) is 13.9. The van der Waals surface area contributed by atoms with Crippen LogP contribution in [-0.2, 0) is 4.84 Å². The fraction of sp³-hybridized carbons (Fsp3) is 0.125. The average molecular weight is 282 g/mol. The molecule has 3 rings (SSSR count). The van der Waals surface area contributed by atoms with Gasteiger partial charge in [-0.05, 0) is 31.3 Å². The molecule has 0 N–H and O–H groups in total. The zero-order valence-corrected chi connectivity index (χ0v) is 11.9. The number of oxime groups is 1. The zero-order valence-electron chi connectivity index (χ0n) is 11.1. The Morgan fingerprint density at radius 2 is 1.75 bits per heavy atom. The van der Waals surface area contributed by atoms with E-state index in [1.807, 2.05) is 47.4 Å². The maximum absolute atomic E-state index is 5.29. The highest BCUT2D eigenvalue weighted by atomic mass is 32.1. The van der Waals surface area contributed by atoms with Crippen LogP contribution in [0.4, 0.5) is 5.69 Å². The summed E-state index contributed by atoms with van der Waals surface area (Å²) in [5.74, 6) is 0. The quantitative estimate of drug-likeness (QED) is 0.788. The molecule has 20 heavy (non-hydrogen) atoms. The molecule has 0 unspecified atom stereocenters. The Bertz CT molecular complexity index is 650. The third kappa shape index (κ3) is 2.56. The first-order valence-electron chi connectivity index (χ1n) is 6.41. The van der Waals surface area contributed by atoms with Crippen LogP contribution in [0, 0.1) is 6.92 Å². The van der Waals surface area contributed by atoms with Gasteiger partial charge in [0.2, 0.25) is 0 Å². The lowest BCUT2D eigenvalue weighted by Crippen LogP contribution is -2.39. The summed E-state index contributed by atoms with van der Waals surface area (Å²) in [4.78, 5) is 7.24. The molecule has 2 aromatic rings. The highest BCUT2D eigenvalue weighted by Gasteiger charge is 2.22. The molecule has 3 nitrogen and oxygen atoms in total.